The molecule has 0 radical (unpaired) electrons. The Kier molecular flexibility index (Phi) is 3.51. The molecule has 0 saturated heterocycles. The van der Waals surface area contributed by atoms with E-state index in [1.54, 1.807) is 0 Å². The monoisotopic (exact) mass is 244 g/mol. The fraction of sp³-hybridized carbons (Fsp3) is 0.125. The van der Waals surface area contributed by atoms with Gasteiger partial charge in [-0.1, -0.05) is 11.6 Å². The van der Waals surface area contributed by atoms with Crippen molar-refractivity contribution in [2.45, 2.75) is 6.42 Å². The Bertz CT molecular complexity index is 474. The molecule has 0 bridgehead atoms. The van der Waals surface area contributed by atoms with E-state index in [-0.39, 0.29) is 17.0 Å². The van der Waals surface area contributed by atoms with Crippen LogP contribution in [0.3, 0.4) is 0 Å². The molecule has 0 aliphatic heterocycles. The first-order valence-corrected chi connectivity index (χ1v) is 4.40. The van der Waals surface area contributed by atoms with E-state index < -0.39 is 21.2 Å². The minimum absolute atomic E-state index is 0.0376. The van der Waals surface area contributed by atoms with Gasteiger partial charge in [-0.25, -0.2) is 0 Å². The normalized spacial score (nSPS) is 9.81. The van der Waals surface area contributed by atoms with E-state index in [0.29, 0.717) is 6.29 Å². The highest BCUT2D eigenvalue weighted by Gasteiger charge is 2.29. The molecule has 84 valence electrons. The Hall–Kier alpha value is -2.02. The number of nitro benzene ring substituents is 2. The number of nitro groups is 2. The maximum atomic E-state index is 10.7. The zero-order chi connectivity index (χ0) is 12.3. The number of hydrogen-bond donors (Lipinski definition) is 0. The third-order valence-corrected chi connectivity index (χ3v) is 2.23. The van der Waals surface area contributed by atoms with Crippen molar-refractivity contribution < 1.29 is 14.6 Å². The van der Waals surface area contributed by atoms with Gasteiger partial charge in [-0.05, 0) is 6.07 Å². The van der Waals surface area contributed by atoms with E-state index in [4.69, 9.17) is 11.6 Å². The molecule has 0 fully saturated rings. The molecule has 0 heterocycles. The second kappa shape index (κ2) is 4.67. The fourth-order valence-corrected chi connectivity index (χ4v) is 1.46. The molecule has 8 heteroatoms. The Morgan fingerprint density at radius 3 is 2.31 bits per heavy atom. The molecular formula is C8H5ClN2O5. The van der Waals surface area contributed by atoms with Crippen LogP contribution in [0.1, 0.15) is 5.56 Å². The van der Waals surface area contributed by atoms with E-state index >= 15 is 0 Å². The minimum atomic E-state index is -0.914. The predicted molar refractivity (Wildman–Crippen MR) is 54.5 cm³/mol. The number of rotatable bonds is 4. The first-order chi connectivity index (χ1) is 7.49. The van der Waals surface area contributed by atoms with Gasteiger partial charge in [0.1, 0.15) is 6.29 Å². The van der Waals surface area contributed by atoms with Crippen LogP contribution in [0.4, 0.5) is 11.4 Å². The Balaban J connectivity index is 3.55. The van der Waals surface area contributed by atoms with Crippen molar-refractivity contribution in [2.75, 3.05) is 0 Å². The smallest absolute Gasteiger partial charge is 0.303 e. The lowest BCUT2D eigenvalue weighted by atomic mass is 10.1. The summed E-state index contributed by atoms with van der Waals surface area (Å²) in [5, 5.41) is 21.2. The summed E-state index contributed by atoms with van der Waals surface area (Å²) in [6.45, 7) is 0. The van der Waals surface area contributed by atoms with Crippen LogP contribution < -0.4 is 0 Å². The van der Waals surface area contributed by atoms with Crippen LogP contribution in [0, 0.1) is 20.2 Å². The molecule has 1 aromatic carbocycles. The zero-order valence-corrected chi connectivity index (χ0v) is 8.51. The van der Waals surface area contributed by atoms with Gasteiger partial charge in [0.05, 0.1) is 20.4 Å². The molecule has 0 atom stereocenters. The second-order valence-corrected chi connectivity index (χ2v) is 3.19. The van der Waals surface area contributed by atoms with Crippen molar-refractivity contribution in [1.29, 1.82) is 0 Å². The summed E-state index contributed by atoms with van der Waals surface area (Å²) >= 11 is 5.64. The topological polar surface area (TPSA) is 103 Å². The fourth-order valence-electron chi connectivity index (χ4n) is 1.23. The average molecular weight is 245 g/mol. The first kappa shape index (κ1) is 12.1. The number of benzene rings is 1. The number of halogens is 1. The van der Waals surface area contributed by atoms with Crippen molar-refractivity contribution in [3.8, 4) is 0 Å². The summed E-state index contributed by atoms with van der Waals surface area (Å²) in [7, 11) is 0. The summed E-state index contributed by atoms with van der Waals surface area (Å²) in [5.74, 6) is 0. The van der Waals surface area contributed by atoms with E-state index in [9.17, 15) is 25.0 Å². The SMILES string of the molecule is O=CCc1c(Cl)ccc([N+](=O)[O-])c1[N+](=O)[O-]. The molecule has 0 saturated carbocycles. The van der Waals surface area contributed by atoms with Crippen molar-refractivity contribution in [3.63, 3.8) is 0 Å². The van der Waals surface area contributed by atoms with Gasteiger partial charge < -0.3 is 4.79 Å². The maximum Gasteiger partial charge on any atom is 0.351 e. The van der Waals surface area contributed by atoms with Gasteiger partial charge in [-0.15, -0.1) is 0 Å². The standard InChI is InChI=1S/C8H5ClN2O5/c9-6-1-2-7(10(13)14)8(11(15)16)5(6)3-4-12/h1-2,4H,3H2. The van der Waals surface area contributed by atoms with E-state index in [1.165, 1.54) is 0 Å². The van der Waals surface area contributed by atoms with Crippen LogP contribution in [0.15, 0.2) is 12.1 Å². The lowest BCUT2D eigenvalue weighted by Crippen LogP contribution is -2.02. The number of carbonyl (C=O) groups is 1. The van der Waals surface area contributed by atoms with Gasteiger partial charge in [0, 0.05) is 12.5 Å². The van der Waals surface area contributed by atoms with Crippen LogP contribution in [0.2, 0.25) is 5.02 Å². The highest BCUT2D eigenvalue weighted by Crippen LogP contribution is 2.35. The highest BCUT2D eigenvalue weighted by atomic mass is 35.5. The van der Waals surface area contributed by atoms with Crippen molar-refractivity contribution >= 4 is 29.3 Å². The summed E-state index contributed by atoms with van der Waals surface area (Å²) in [5.41, 5.74) is -1.55. The molecule has 0 aliphatic rings. The van der Waals surface area contributed by atoms with Gasteiger partial charge in [0.2, 0.25) is 0 Å². The maximum absolute atomic E-state index is 10.7. The lowest BCUT2D eigenvalue weighted by Gasteiger charge is -2.02. The van der Waals surface area contributed by atoms with E-state index in [1.807, 2.05) is 0 Å². The number of carbonyl (C=O) groups excluding carboxylic acids is 1. The molecule has 16 heavy (non-hydrogen) atoms. The third-order valence-electron chi connectivity index (χ3n) is 1.87. The van der Waals surface area contributed by atoms with Crippen molar-refractivity contribution in [2.24, 2.45) is 0 Å². The van der Waals surface area contributed by atoms with E-state index in [2.05, 4.69) is 0 Å². The quantitative estimate of drug-likeness (QED) is 0.457. The Morgan fingerprint density at radius 1 is 1.25 bits per heavy atom. The van der Waals surface area contributed by atoms with Crippen LogP contribution in [-0.4, -0.2) is 16.1 Å². The predicted octanol–water partition coefficient (Wildman–Crippen LogP) is 1.90. The summed E-state index contributed by atoms with van der Waals surface area (Å²) in [4.78, 5) is 29.8. The largest absolute Gasteiger partial charge is 0.351 e. The van der Waals surface area contributed by atoms with Crippen LogP contribution in [-0.2, 0) is 11.2 Å². The minimum Gasteiger partial charge on any atom is -0.303 e. The third kappa shape index (κ3) is 2.14. The molecule has 1 aromatic rings. The number of aldehydes is 1. The molecular weight excluding hydrogens is 240 g/mol. The number of nitrogens with zero attached hydrogens (tertiary/aromatic N) is 2. The van der Waals surface area contributed by atoms with Crippen LogP contribution >= 0.6 is 11.6 Å². The molecule has 0 N–H and O–H groups in total. The molecule has 7 nitrogen and oxygen atoms in total. The summed E-state index contributed by atoms with van der Waals surface area (Å²) < 4.78 is 0. The second-order valence-electron chi connectivity index (χ2n) is 2.78. The number of hydrogen-bond acceptors (Lipinski definition) is 5. The molecule has 0 spiro atoms. The Morgan fingerprint density at radius 2 is 1.88 bits per heavy atom. The van der Waals surface area contributed by atoms with Crippen LogP contribution in [0.25, 0.3) is 0 Å². The zero-order valence-electron chi connectivity index (χ0n) is 7.75. The summed E-state index contributed by atoms with van der Waals surface area (Å²) in [6, 6.07) is 2.10. The molecule has 0 aliphatic carbocycles. The molecule has 1 rings (SSSR count). The van der Waals surface area contributed by atoms with Crippen LogP contribution in [0.5, 0.6) is 0 Å². The van der Waals surface area contributed by atoms with Gasteiger partial charge in [-0.3, -0.25) is 20.2 Å². The van der Waals surface area contributed by atoms with Crippen molar-refractivity contribution in [1.82, 2.24) is 0 Å². The van der Waals surface area contributed by atoms with Gasteiger partial charge in [0.25, 0.3) is 0 Å². The van der Waals surface area contributed by atoms with Gasteiger partial charge in [-0.2, -0.15) is 0 Å². The molecule has 0 unspecified atom stereocenters. The average Bonchev–Trinajstić information content (AvgIpc) is 2.20. The summed E-state index contributed by atoms with van der Waals surface area (Å²) in [6.07, 6.45) is 0.0643. The lowest BCUT2D eigenvalue weighted by molar-refractivity contribution is -0.422. The first-order valence-electron chi connectivity index (χ1n) is 4.02. The highest BCUT2D eigenvalue weighted by molar-refractivity contribution is 6.32. The van der Waals surface area contributed by atoms with Gasteiger partial charge in [0.15, 0.2) is 0 Å². The molecule has 0 amide bonds. The van der Waals surface area contributed by atoms with E-state index in [0.717, 1.165) is 12.1 Å². The van der Waals surface area contributed by atoms with Crippen molar-refractivity contribution in [3.05, 3.63) is 42.9 Å². The molecule has 0 aromatic heterocycles. The Labute approximate surface area is 93.9 Å². The van der Waals surface area contributed by atoms with Gasteiger partial charge >= 0.3 is 11.4 Å².